The molecule has 0 aliphatic rings. The summed E-state index contributed by atoms with van der Waals surface area (Å²) >= 11 is 0. The summed E-state index contributed by atoms with van der Waals surface area (Å²) in [6.07, 6.45) is 0. The summed E-state index contributed by atoms with van der Waals surface area (Å²) in [5, 5.41) is 50.7. The monoisotopic (exact) mass is 1390 g/mol. The molecule has 25 aromatic rings. The molecule has 0 N–H and O–H groups in total. The highest BCUT2D eigenvalue weighted by Crippen LogP contribution is 2.41. The first kappa shape index (κ1) is 65.2. The van der Waals surface area contributed by atoms with E-state index in [1.54, 1.807) is 0 Å². The Bertz CT molecular complexity index is 7210. The van der Waals surface area contributed by atoms with Crippen molar-refractivity contribution in [2.75, 3.05) is 0 Å². The van der Waals surface area contributed by atoms with E-state index in [1.807, 2.05) is 0 Å². The minimum atomic E-state index is 1.30. The van der Waals surface area contributed by atoms with Gasteiger partial charge in [-0.15, -0.1) is 0 Å². The van der Waals surface area contributed by atoms with E-state index in [9.17, 15) is 0 Å². The van der Waals surface area contributed by atoms with Crippen molar-refractivity contribution in [2.24, 2.45) is 0 Å². The van der Waals surface area contributed by atoms with Crippen molar-refractivity contribution in [3.63, 3.8) is 0 Å². The zero-order valence-electron chi connectivity index (χ0n) is 60.6. The second-order valence-corrected chi connectivity index (χ2v) is 28.8. The van der Waals surface area contributed by atoms with Gasteiger partial charge in [-0.3, -0.25) is 0 Å². The molecule has 25 rings (SSSR count). The van der Waals surface area contributed by atoms with Gasteiger partial charge in [0.25, 0.3) is 0 Å². The Balaban J connectivity index is 0.0000000867. The Labute approximate surface area is 637 Å². The molecule has 0 amide bonds. The highest BCUT2D eigenvalue weighted by Gasteiger charge is 2.13. The summed E-state index contributed by atoms with van der Waals surface area (Å²) in [7, 11) is 0. The first-order valence-electron chi connectivity index (χ1n) is 38.1. The molecule has 0 nitrogen and oxygen atoms in total. The first-order valence-corrected chi connectivity index (χ1v) is 38.1. The summed E-state index contributed by atoms with van der Waals surface area (Å²) < 4.78 is 0. The Morgan fingerprint density at radius 1 is 0.0727 bits per heavy atom. The van der Waals surface area contributed by atoms with Crippen molar-refractivity contribution in [1.82, 2.24) is 0 Å². The maximum Gasteiger partial charge on any atom is -0.00204 e. The molecule has 110 heavy (non-hydrogen) atoms. The predicted octanol–water partition coefficient (Wildman–Crippen LogP) is 31.5. The lowest BCUT2D eigenvalue weighted by Crippen LogP contribution is -1.84. The molecular formula is C110H72. The Hall–Kier alpha value is -14.3. The third-order valence-electron chi connectivity index (χ3n) is 22.6. The van der Waals surface area contributed by atoms with E-state index < -0.39 is 0 Å². The summed E-state index contributed by atoms with van der Waals surface area (Å²) in [6, 6.07) is 157. The van der Waals surface area contributed by atoms with Gasteiger partial charge in [0.2, 0.25) is 0 Å². The van der Waals surface area contributed by atoms with E-state index in [2.05, 4.69) is 437 Å². The second-order valence-electron chi connectivity index (χ2n) is 28.8. The SMILES string of the molecule is c1cc2ccc3cccc4ccc(c1)c2c34.c1ccc2c(c1)c1ccccc1c1ccccc21.c1ccc2c(c1)ccc1c3ccccc3c3ccccc3c21.c1ccc2c(c1)ccc1c3ccccc3ccc21.c1ccc2c(c1)ccc1ccc3ccccc3c12.c1ccc2cc3c(ccc4ccccc43)cc2c1. The largest absolute Gasteiger partial charge is 0.0616 e. The summed E-state index contributed by atoms with van der Waals surface area (Å²) in [6.45, 7) is 0. The van der Waals surface area contributed by atoms with Crippen molar-refractivity contribution >= 4 is 205 Å². The van der Waals surface area contributed by atoms with Crippen LogP contribution in [0, 0.1) is 0 Å². The smallest absolute Gasteiger partial charge is 0.00204 e. The van der Waals surface area contributed by atoms with Gasteiger partial charge < -0.3 is 0 Å². The fourth-order valence-corrected chi connectivity index (χ4v) is 17.4. The third kappa shape index (κ3) is 11.8. The van der Waals surface area contributed by atoms with Crippen LogP contribution in [0.3, 0.4) is 0 Å². The molecule has 0 unspecified atom stereocenters. The number of fused-ring (bicyclic) bond motifs is 28. The van der Waals surface area contributed by atoms with Crippen LogP contribution >= 0.6 is 0 Å². The van der Waals surface area contributed by atoms with Gasteiger partial charge in [-0.2, -0.15) is 0 Å². The minimum Gasteiger partial charge on any atom is -0.0616 e. The van der Waals surface area contributed by atoms with Crippen LogP contribution < -0.4 is 0 Å². The Morgan fingerprint density at radius 3 is 0.600 bits per heavy atom. The van der Waals surface area contributed by atoms with E-state index in [1.165, 1.54) is 205 Å². The zero-order valence-corrected chi connectivity index (χ0v) is 60.6. The molecule has 0 saturated carbocycles. The van der Waals surface area contributed by atoms with E-state index in [0.717, 1.165) is 0 Å². The maximum atomic E-state index is 2.30. The molecule has 0 aliphatic carbocycles. The molecule has 512 valence electrons. The van der Waals surface area contributed by atoms with Crippen molar-refractivity contribution in [3.05, 3.63) is 437 Å². The molecule has 0 radical (unpaired) electrons. The van der Waals surface area contributed by atoms with E-state index in [-0.39, 0.29) is 0 Å². The molecule has 0 heteroatoms. The van der Waals surface area contributed by atoms with Crippen LogP contribution in [0.2, 0.25) is 0 Å². The van der Waals surface area contributed by atoms with Crippen molar-refractivity contribution < 1.29 is 0 Å². The predicted molar refractivity (Wildman–Crippen MR) is 482 cm³/mol. The molecule has 0 fully saturated rings. The molecule has 0 saturated heterocycles. The summed E-state index contributed by atoms with van der Waals surface area (Å²) in [5.74, 6) is 0. The number of hydrogen-bond acceptors (Lipinski definition) is 0. The van der Waals surface area contributed by atoms with Gasteiger partial charge in [-0.05, 0) is 217 Å². The van der Waals surface area contributed by atoms with E-state index in [0.29, 0.717) is 0 Å². The van der Waals surface area contributed by atoms with Crippen molar-refractivity contribution in [2.45, 2.75) is 0 Å². The van der Waals surface area contributed by atoms with Crippen LogP contribution in [-0.4, -0.2) is 0 Å². The molecule has 25 aromatic carbocycles. The topological polar surface area (TPSA) is 0 Å². The van der Waals surface area contributed by atoms with Crippen LogP contribution in [0.15, 0.2) is 437 Å². The summed E-state index contributed by atoms with van der Waals surface area (Å²) in [4.78, 5) is 0. The van der Waals surface area contributed by atoms with Crippen molar-refractivity contribution in [3.8, 4) is 0 Å². The lowest BCUT2D eigenvalue weighted by atomic mass is 9.91. The first-order chi connectivity index (χ1) is 54.6. The lowest BCUT2D eigenvalue weighted by Gasteiger charge is -2.12. The molecule has 0 aliphatic heterocycles. The van der Waals surface area contributed by atoms with Crippen LogP contribution in [-0.2, 0) is 0 Å². The Kier molecular flexibility index (Phi) is 16.7. The van der Waals surface area contributed by atoms with Crippen LogP contribution in [0.5, 0.6) is 0 Å². The maximum absolute atomic E-state index is 2.30. The highest BCUT2D eigenvalue weighted by molar-refractivity contribution is 6.32. The van der Waals surface area contributed by atoms with Gasteiger partial charge in [0, 0.05) is 0 Å². The molecule has 0 spiro atoms. The van der Waals surface area contributed by atoms with Crippen LogP contribution in [0.25, 0.3) is 205 Å². The molecular weight excluding hydrogens is 1320 g/mol. The molecule has 0 atom stereocenters. The van der Waals surface area contributed by atoms with Crippen molar-refractivity contribution in [1.29, 1.82) is 0 Å². The fraction of sp³-hybridized carbons (Fsp3) is 0. The fourth-order valence-electron chi connectivity index (χ4n) is 17.4. The Morgan fingerprint density at radius 2 is 0.255 bits per heavy atom. The lowest BCUT2D eigenvalue weighted by molar-refractivity contribution is 1.77. The zero-order chi connectivity index (χ0) is 72.9. The van der Waals surface area contributed by atoms with Crippen LogP contribution in [0.1, 0.15) is 0 Å². The van der Waals surface area contributed by atoms with Gasteiger partial charge in [0.05, 0.1) is 0 Å². The van der Waals surface area contributed by atoms with E-state index in [4.69, 9.17) is 0 Å². The van der Waals surface area contributed by atoms with Gasteiger partial charge in [-0.25, -0.2) is 0 Å². The van der Waals surface area contributed by atoms with E-state index >= 15 is 0 Å². The van der Waals surface area contributed by atoms with Gasteiger partial charge in [0.15, 0.2) is 0 Å². The minimum absolute atomic E-state index is 1.30. The van der Waals surface area contributed by atoms with Gasteiger partial charge in [0.1, 0.15) is 0 Å². The second kappa shape index (κ2) is 28.2. The third-order valence-corrected chi connectivity index (χ3v) is 22.6. The standard InChI is InChI=1S/C22H14.4C18H12.C16H10/c1-2-8-16-15(7-1)13-14-21-19-11-4-3-9-17(19)18-10-5-6-12-20(18)22(16)21;1-3-7-16-13(5-1)9-11-15-12-10-14-6-2-4-8-17(14)18(15)16;1-3-7-15-13(5-1)9-11-18-16-8-4-2-6-14(16)10-12-17(15)18;1-2-8-14-13(7-1)15-9-3-4-11-17(15)18-12-6-5-10-16(14)18;1-2-7-15-12-18-16(11-14(15)6-1)10-9-13-5-3-4-8-17(13)18;1-3-11-7-9-13-5-2-6-14-10-8-12(4-1)15(11)16(13)14/h1-14H;4*1-12H;1-10H. The van der Waals surface area contributed by atoms with Gasteiger partial charge in [-0.1, -0.05) is 425 Å². The number of benzene rings is 25. The quantitative estimate of drug-likeness (QED) is 0.105. The average Bonchev–Trinajstić information content (AvgIpc) is 0.755. The molecule has 0 bridgehead atoms. The average molecular weight is 1390 g/mol. The normalized spacial score (nSPS) is 11.5. The summed E-state index contributed by atoms with van der Waals surface area (Å²) in [5.41, 5.74) is 0. The van der Waals surface area contributed by atoms with Crippen LogP contribution in [0.4, 0.5) is 0 Å². The number of rotatable bonds is 0. The molecule has 0 heterocycles. The van der Waals surface area contributed by atoms with Gasteiger partial charge >= 0.3 is 0 Å². The number of hydrogen-bond donors (Lipinski definition) is 0. The molecule has 0 aromatic heterocycles. The highest BCUT2D eigenvalue weighted by atomic mass is 14.2.